The summed E-state index contributed by atoms with van der Waals surface area (Å²) in [7, 11) is 0. The Morgan fingerprint density at radius 3 is 1.97 bits per heavy atom. The van der Waals surface area contributed by atoms with Crippen LogP contribution in [0.2, 0.25) is 0 Å². The monoisotopic (exact) mass is 469 g/mol. The van der Waals surface area contributed by atoms with Crippen molar-refractivity contribution in [2.45, 2.75) is 20.4 Å². The van der Waals surface area contributed by atoms with Crippen molar-refractivity contribution >= 4 is 29.2 Å². The third-order valence-electron chi connectivity index (χ3n) is 5.58. The third kappa shape index (κ3) is 3.85. The lowest BCUT2D eigenvalue weighted by molar-refractivity contribution is -0.133. The minimum Gasteiger partial charge on any atom is -0.450 e. The second kappa shape index (κ2) is 8.57. The third-order valence-corrected chi connectivity index (χ3v) is 5.58. The van der Waals surface area contributed by atoms with Gasteiger partial charge in [0.25, 0.3) is 0 Å². The average molecular weight is 469 g/mol. The van der Waals surface area contributed by atoms with Gasteiger partial charge in [-0.3, -0.25) is 19.2 Å². The fourth-order valence-corrected chi connectivity index (χ4v) is 4.20. The summed E-state index contributed by atoms with van der Waals surface area (Å²) < 4.78 is 16.6. The maximum absolute atomic E-state index is 14.1. The Hall–Kier alpha value is -4.72. The molecule has 8 nitrogen and oxygen atoms in total. The standard InChI is InChI=1S/C27H19NO7/c1-15(29)33-20-12-13-21(34-16(2)30)23-22(20)25(31)24-27(26(23)32)35-19-11-7-6-8-17(19)14-28(24)18-9-4-3-5-10-18/h3-13H,14H2,1-2H3. The molecule has 0 bridgehead atoms. The highest BCUT2D eigenvalue weighted by Gasteiger charge is 2.43. The molecule has 1 aliphatic carbocycles. The van der Waals surface area contributed by atoms with Crippen LogP contribution in [0.4, 0.5) is 5.69 Å². The van der Waals surface area contributed by atoms with Gasteiger partial charge in [-0.05, 0) is 30.3 Å². The van der Waals surface area contributed by atoms with E-state index in [1.807, 2.05) is 42.5 Å². The molecule has 0 atom stereocenters. The first-order chi connectivity index (χ1) is 16.8. The lowest BCUT2D eigenvalue weighted by atomic mass is 9.88. The van der Waals surface area contributed by atoms with E-state index in [4.69, 9.17) is 14.2 Å². The first-order valence-corrected chi connectivity index (χ1v) is 10.8. The fourth-order valence-electron chi connectivity index (χ4n) is 4.20. The summed E-state index contributed by atoms with van der Waals surface area (Å²) in [6.07, 6.45) is 0. The Balaban J connectivity index is 1.78. The summed E-state index contributed by atoms with van der Waals surface area (Å²) in [6, 6.07) is 18.9. The Morgan fingerprint density at radius 1 is 0.771 bits per heavy atom. The molecule has 0 radical (unpaired) electrons. The van der Waals surface area contributed by atoms with Gasteiger partial charge in [0.2, 0.25) is 17.3 Å². The van der Waals surface area contributed by atoms with Gasteiger partial charge in [0.15, 0.2) is 0 Å². The smallest absolute Gasteiger partial charge is 0.308 e. The van der Waals surface area contributed by atoms with Crippen molar-refractivity contribution < 1.29 is 33.4 Å². The molecule has 0 spiro atoms. The maximum Gasteiger partial charge on any atom is 0.308 e. The molecule has 0 N–H and O–H groups in total. The van der Waals surface area contributed by atoms with Crippen LogP contribution in [0.5, 0.6) is 17.2 Å². The number of ketones is 2. The maximum atomic E-state index is 14.1. The van der Waals surface area contributed by atoms with Crippen molar-refractivity contribution in [3.05, 3.63) is 94.9 Å². The van der Waals surface area contributed by atoms with E-state index in [1.54, 1.807) is 17.0 Å². The number of anilines is 1. The average Bonchev–Trinajstić information content (AvgIpc) is 3.01. The fraction of sp³-hybridized carbons (Fsp3) is 0.111. The summed E-state index contributed by atoms with van der Waals surface area (Å²) >= 11 is 0. The highest BCUT2D eigenvalue weighted by atomic mass is 16.5. The summed E-state index contributed by atoms with van der Waals surface area (Å²) in [4.78, 5) is 53.1. The lowest BCUT2D eigenvalue weighted by Crippen LogP contribution is -2.35. The van der Waals surface area contributed by atoms with Crippen molar-refractivity contribution in [3.8, 4) is 17.2 Å². The van der Waals surface area contributed by atoms with E-state index in [9.17, 15) is 19.2 Å². The lowest BCUT2D eigenvalue weighted by Gasteiger charge is -2.29. The Labute approximate surface area is 200 Å². The largest absolute Gasteiger partial charge is 0.450 e. The van der Waals surface area contributed by atoms with Crippen molar-refractivity contribution in [2.75, 3.05) is 4.90 Å². The van der Waals surface area contributed by atoms with E-state index >= 15 is 0 Å². The normalized spacial score (nSPS) is 14.3. The first-order valence-electron chi connectivity index (χ1n) is 10.8. The van der Waals surface area contributed by atoms with Crippen LogP contribution in [0.25, 0.3) is 0 Å². The molecule has 35 heavy (non-hydrogen) atoms. The number of hydrogen-bond acceptors (Lipinski definition) is 8. The van der Waals surface area contributed by atoms with E-state index in [0.29, 0.717) is 11.4 Å². The molecule has 0 aromatic heterocycles. The highest BCUT2D eigenvalue weighted by molar-refractivity contribution is 6.29. The topological polar surface area (TPSA) is 99.2 Å². The molecular formula is C27H19NO7. The number of fused-ring (bicyclic) bond motifs is 2. The molecule has 5 rings (SSSR count). The van der Waals surface area contributed by atoms with Gasteiger partial charge in [-0.25, -0.2) is 0 Å². The van der Waals surface area contributed by atoms with Gasteiger partial charge in [0.1, 0.15) is 22.9 Å². The van der Waals surface area contributed by atoms with Gasteiger partial charge in [0, 0.05) is 25.1 Å². The molecule has 8 heteroatoms. The molecule has 1 aliphatic heterocycles. The molecule has 174 valence electrons. The Bertz CT molecular complexity index is 1440. The van der Waals surface area contributed by atoms with E-state index < -0.39 is 23.5 Å². The van der Waals surface area contributed by atoms with Gasteiger partial charge < -0.3 is 19.1 Å². The van der Waals surface area contributed by atoms with Crippen LogP contribution in [-0.4, -0.2) is 23.5 Å². The predicted octanol–water partition coefficient (Wildman–Crippen LogP) is 4.23. The minimum atomic E-state index is -0.675. The molecule has 0 saturated carbocycles. The van der Waals surface area contributed by atoms with Crippen LogP contribution in [0.3, 0.4) is 0 Å². The van der Waals surface area contributed by atoms with Gasteiger partial charge in [0.05, 0.1) is 17.7 Å². The predicted molar refractivity (Wildman–Crippen MR) is 124 cm³/mol. The quantitative estimate of drug-likeness (QED) is 0.415. The molecule has 0 saturated heterocycles. The first kappa shape index (κ1) is 22.1. The molecule has 0 amide bonds. The molecule has 0 unspecified atom stereocenters. The zero-order chi connectivity index (χ0) is 24.7. The van der Waals surface area contributed by atoms with E-state index in [-0.39, 0.29) is 40.6 Å². The van der Waals surface area contributed by atoms with Crippen molar-refractivity contribution in [2.24, 2.45) is 0 Å². The van der Waals surface area contributed by atoms with Crippen molar-refractivity contribution in [3.63, 3.8) is 0 Å². The number of carbonyl (C=O) groups excluding carboxylic acids is 4. The zero-order valence-electron chi connectivity index (χ0n) is 18.9. The zero-order valence-corrected chi connectivity index (χ0v) is 18.9. The summed E-state index contributed by atoms with van der Waals surface area (Å²) in [5.74, 6) is -2.63. The number of ether oxygens (including phenoxy) is 3. The van der Waals surface area contributed by atoms with Crippen LogP contribution in [0.15, 0.2) is 78.2 Å². The van der Waals surface area contributed by atoms with E-state index in [0.717, 1.165) is 5.56 Å². The highest BCUT2D eigenvalue weighted by Crippen LogP contribution is 2.43. The minimum absolute atomic E-state index is 0.00160. The number of nitrogens with zero attached hydrogens (tertiary/aromatic N) is 1. The molecular weight excluding hydrogens is 450 g/mol. The molecule has 2 aliphatic rings. The molecule has 1 heterocycles. The SMILES string of the molecule is CC(=O)Oc1ccc(OC(C)=O)c2c1C(=O)C1=C(C2=O)N(c2ccccc2)Cc2ccccc2O1. The van der Waals surface area contributed by atoms with E-state index in [2.05, 4.69) is 0 Å². The van der Waals surface area contributed by atoms with Crippen LogP contribution in [0.1, 0.15) is 40.1 Å². The van der Waals surface area contributed by atoms with Gasteiger partial charge in [-0.2, -0.15) is 0 Å². The second-order valence-electron chi connectivity index (χ2n) is 7.97. The van der Waals surface area contributed by atoms with Crippen molar-refractivity contribution in [1.29, 1.82) is 0 Å². The summed E-state index contributed by atoms with van der Waals surface area (Å²) in [5.41, 5.74) is 1.05. The number of allylic oxidation sites excluding steroid dienone is 2. The number of carbonyl (C=O) groups is 4. The number of hydrogen-bond donors (Lipinski definition) is 0. The molecule has 3 aromatic carbocycles. The Morgan fingerprint density at radius 2 is 1.34 bits per heavy atom. The number of Topliss-reactive ketones (excluding diaryl/α,β-unsaturated/α-hetero) is 2. The van der Waals surface area contributed by atoms with Gasteiger partial charge in [-0.1, -0.05) is 36.4 Å². The second-order valence-corrected chi connectivity index (χ2v) is 7.97. The summed E-state index contributed by atoms with van der Waals surface area (Å²) in [6.45, 7) is 2.62. The van der Waals surface area contributed by atoms with Gasteiger partial charge in [-0.15, -0.1) is 0 Å². The molecule has 3 aromatic rings. The van der Waals surface area contributed by atoms with Gasteiger partial charge >= 0.3 is 11.9 Å². The Kier molecular flexibility index (Phi) is 5.41. The van der Waals surface area contributed by atoms with Crippen LogP contribution < -0.4 is 19.1 Å². The van der Waals surface area contributed by atoms with Crippen LogP contribution in [-0.2, 0) is 16.1 Å². The van der Waals surface area contributed by atoms with Crippen molar-refractivity contribution in [1.82, 2.24) is 0 Å². The number of esters is 2. The van der Waals surface area contributed by atoms with Crippen LogP contribution >= 0.6 is 0 Å². The number of benzene rings is 3. The number of para-hydroxylation sites is 2. The number of rotatable bonds is 3. The summed E-state index contributed by atoms with van der Waals surface area (Å²) in [5, 5.41) is 0. The van der Waals surface area contributed by atoms with Crippen LogP contribution in [0, 0.1) is 0 Å². The van der Waals surface area contributed by atoms with E-state index in [1.165, 1.54) is 26.0 Å². The molecule has 0 fully saturated rings.